The average molecular weight is 269 g/mol. The summed E-state index contributed by atoms with van der Waals surface area (Å²) in [6.45, 7) is 0. The molecule has 0 amide bonds. The van der Waals surface area contributed by atoms with Gasteiger partial charge >= 0.3 is 18.9 Å². The predicted octanol–water partition coefficient (Wildman–Crippen LogP) is -4.08. The molecule has 0 aromatic rings. The van der Waals surface area contributed by atoms with Crippen molar-refractivity contribution < 1.29 is 87.1 Å². The van der Waals surface area contributed by atoms with E-state index in [1.165, 1.54) is 0 Å². The second kappa shape index (κ2) is 42.1. The van der Waals surface area contributed by atoms with E-state index in [0.29, 0.717) is 0 Å². The Balaban J connectivity index is 0. The van der Waals surface area contributed by atoms with Gasteiger partial charge in [0.25, 0.3) is 0 Å². The molecule has 0 aromatic carbocycles. The molecule has 0 aliphatic carbocycles. The van der Waals surface area contributed by atoms with Crippen molar-refractivity contribution in [2.45, 2.75) is 0 Å². The maximum atomic E-state index is 0. The Morgan fingerprint density at radius 3 is 1.00 bits per heavy atom. The van der Waals surface area contributed by atoms with E-state index in [1.54, 1.807) is 0 Å². The van der Waals surface area contributed by atoms with E-state index in [4.69, 9.17) is 0 Å². The van der Waals surface area contributed by atoms with Gasteiger partial charge in [0, 0.05) is 66.8 Å². The molecule has 0 rings (SSSR count). The summed E-state index contributed by atoms with van der Waals surface area (Å²) in [5.41, 5.74) is 0. The Morgan fingerprint density at radius 2 is 1.00 bits per heavy atom. The van der Waals surface area contributed by atoms with Crippen molar-refractivity contribution >= 4 is 17.4 Å². The summed E-state index contributed by atoms with van der Waals surface area (Å²) in [5, 5.41) is 0. The maximum absolute atomic E-state index is 0. The van der Waals surface area contributed by atoms with E-state index in [9.17, 15) is 0 Å². The van der Waals surface area contributed by atoms with Gasteiger partial charge in [0.2, 0.25) is 0 Å². The zero-order valence-corrected chi connectivity index (χ0v) is 6.54. The van der Waals surface area contributed by atoms with Gasteiger partial charge in [-0.3, -0.25) is 0 Å². The molecule has 0 fully saturated rings. The van der Waals surface area contributed by atoms with Crippen molar-refractivity contribution in [3.63, 3.8) is 0 Å². The normalized spacial score (nSPS) is 0. The Labute approximate surface area is 103 Å². The van der Waals surface area contributed by atoms with Crippen LogP contribution in [0.15, 0.2) is 0 Å². The van der Waals surface area contributed by atoms with Crippen LogP contribution in [0.4, 0.5) is 0 Å². The van der Waals surface area contributed by atoms with Gasteiger partial charge < -0.3 is 1.43 Å². The van der Waals surface area contributed by atoms with Gasteiger partial charge in [0.05, 0.1) is 0 Å². The van der Waals surface area contributed by atoms with E-state index in [-0.39, 0.29) is 104 Å². The number of hydrogen-bond donors (Lipinski definition) is 0. The fourth-order valence-corrected chi connectivity index (χ4v) is 0. The molecule has 0 aliphatic rings. The first kappa shape index (κ1) is 61.4. The summed E-state index contributed by atoms with van der Waals surface area (Å²) in [5.74, 6) is 0. The van der Waals surface area contributed by atoms with Crippen molar-refractivity contribution in [3.8, 4) is 0 Å². The first-order valence-corrected chi connectivity index (χ1v) is 0. The van der Waals surface area contributed by atoms with Crippen LogP contribution in [-0.4, -0.2) is 17.4 Å². The molecule has 0 spiro atoms. The molecule has 44 valence electrons. The van der Waals surface area contributed by atoms with Crippen LogP contribution in [0.25, 0.3) is 0 Å². The Morgan fingerprint density at radius 1 is 1.00 bits per heavy atom. The molecule has 0 aromatic heterocycles. The molecule has 6 heteroatoms. The summed E-state index contributed by atoms with van der Waals surface area (Å²) in [4.78, 5) is 0. The number of rotatable bonds is 0. The van der Waals surface area contributed by atoms with Crippen LogP contribution < -0.4 is 18.9 Å². The molecule has 0 N–H and O–H groups in total. The maximum Gasteiger partial charge on any atom is 1.00 e. The first-order valence-electron chi connectivity index (χ1n) is 0. The van der Waals surface area contributed by atoms with Crippen molar-refractivity contribution in [3.05, 3.63) is 0 Å². The summed E-state index contributed by atoms with van der Waals surface area (Å²) in [7, 11) is 0. The molecule has 0 bridgehead atoms. The molecule has 0 saturated carbocycles. The van der Waals surface area contributed by atoms with Crippen LogP contribution in [-0.2, 0) is 66.8 Å². The molecular weight excluding hydrogens is 265 g/mol. The quantitative estimate of drug-likeness (QED) is 0.392. The SMILES string of the molecule is [AlH3].[Co].[H-].[Li+].[Mn].[Ni].[Ni]. The van der Waals surface area contributed by atoms with Crippen LogP contribution in [0.3, 0.4) is 0 Å². The summed E-state index contributed by atoms with van der Waals surface area (Å²) >= 11 is 0. The zero-order chi connectivity index (χ0) is 0. The van der Waals surface area contributed by atoms with Crippen molar-refractivity contribution in [1.29, 1.82) is 0 Å². The van der Waals surface area contributed by atoms with E-state index in [0.717, 1.165) is 0 Å². The van der Waals surface area contributed by atoms with Gasteiger partial charge in [0.15, 0.2) is 17.4 Å². The minimum Gasteiger partial charge on any atom is -1.00 e. The van der Waals surface area contributed by atoms with E-state index >= 15 is 0 Å². The van der Waals surface area contributed by atoms with Gasteiger partial charge in [0.1, 0.15) is 0 Å². The molecule has 0 atom stereocenters. The summed E-state index contributed by atoms with van der Waals surface area (Å²) < 4.78 is 0. The summed E-state index contributed by atoms with van der Waals surface area (Å²) in [6.07, 6.45) is 0. The van der Waals surface area contributed by atoms with E-state index < -0.39 is 0 Å². The molecule has 0 heterocycles. The topological polar surface area (TPSA) is 0 Å². The van der Waals surface area contributed by atoms with E-state index in [1.807, 2.05) is 0 Å². The molecule has 0 nitrogen and oxygen atoms in total. The van der Waals surface area contributed by atoms with Gasteiger partial charge in [-0.1, -0.05) is 0 Å². The molecule has 0 saturated heterocycles. The van der Waals surface area contributed by atoms with Crippen LogP contribution in [0.5, 0.6) is 0 Å². The van der Waals surface area contributed by atoms with Crippen molar-refractivity contribution in [2.75, 3.05) is 0 Å². The Bertz CT molecular complexity index is 17.7. The minimum atomic E-state index is 0. The Kier molecular flexibility index (Phi) is 430. The molecule has 2 radical (unpaired) electrons. The zero-order valence-electron chi connectivity index (χ0n) is 3.34. The van der Waals surface area contributed by atoms with Crippen LogP contribution in [0.1, 0.15) is 1.43 Å². The molecule has 0 aliphatic heterocycles. The third kappa shape index (κ3) is 27.3. The fourth-order valence-electron chi connectivity index (χ4n) is 0. The summed E-state index contributed by atoms with van der Waals surface area (Å²) in [6, 6.07) is 0. The van der Waals surface area contributed by atoms with Gasteiger partial charge in [-0.2, -0.15) is 0 Å². The van der Waals surface area contributed by atoms with E-state index in [2.05, 4.69) is 0 Å². The van der Waals surface area contributed by atoms with Crippen LogP contribution in [0.2, 0.25) is 0 Å². The van der Waals surface area contributed by atoms with Crippen molar-refractivity contribution in [2.24, 2.45) is 0 Å². The Hall–Kier alpha value is 3.14. The largest absolute Gasteiger partial charge is 1.00 e. The third-order valence-electron chi connectivity index (χ3n) is 0. The minimum absolute atomic E-state index is 0. The fraction of sp³-hybridized carbons (Fsp3) is 0. The van der Waals surface area contributed by atoms with Crippen LogP contribution in [0, 0.1) is 0 Å². The smallest absolute Gasteiger partial charge is 1.00 e. The second-order valence-corrected chi connectivity index (χ2v) is 0. The third-order valence-corrected chi connectivity index (χ3v) is 0. The van der Waals surface area contributed by atoms with Gasteiger partial charge in [-0.25, -0.2) is 0 Å². The second-order valence-electron chi connectivity index (χ2n) is 0. The molecule has 6 heavy (non-hydrogen) atoms. The van der Waals surface area contributed by atoms with Crippen molar-refractivity contribution in [1.82, 2.24) is 0 Å². The number of hydrogen-bond acceptors (Lipinski definition) is 0. The van der Waals surface area contributed by atoms with Crippen LogP contribution >= 0.6 is 0 Å². The molecule has 0 unspecified atom stereocenters. The standard InChI is InChI=1S/Al.Co.Li.Mn.2Ni.4H/q;;+1;;;;;;;-1. The first-order chi connectivity index (χ1) is 0. The van der Waals surface area contributed by atoms with Gasteiger partial charge in [-0.15, -0.1) is 0 Å². The molecular formula is H4AlCoLiMnNi2. The predicted molar refractivity (Wildman–Crippen MR) is 11.1 cm³/mol. The van der Waals surface area contributed by atoms with Gasteiger partial charge in [-0.05, 0) is 0 Å². The average Bonchev–Trinajstić information content (AvgIpc) is 0. The monoisotopic (exact) mass is 268 g/mol.